The lowest BCUT2D eigenvalue weighted by Crippen LogP contribution is -2.52. The van der Waals surface area contributed by atoms with Crippen molar-refractivity contribution in [2.24, 2.45) is 0 Å². The highest BCUT2D eigenvalue weighted by Crippen LogP contribution is 2.25. The summed E-state index contributed by atoms with van der Waals surface area (Å²) in [6.07, 6.45) is 0. The molecule has 0 saturated carbocycles. The number of amides is 2. The van der Waals surface area contributed by atoms with Gasteiger partial charge in [0, 0.05) is 13.1 Å². The van der Waals surface area contributed by atoms with Crippen LogP contribution in [0.4, 0.5) is 0 Å². The van der Waals surface area contributed by atoms with Gasteiger partial charge in [-0.3, -0.25) is 9.59 Å². The first-order valence-electron chi connectivity index (χ1n) is 7.04. The van der Waals surface area contributed by atoms with E-state index in [0.29, 0.717) is 18.7 Å². The van der Waals surface area contributed by atoms with Crippen molar-refractivity contribution in [2.45, 2.75) is 6.04 Å². The van der Waals surface area contributed by atoms with Crippen LogP contribution in [0.15, 0.2) is 46.9 Å². The maximum Gasteiger partial charge on any atom is 0.371 e. The van der Waals surface area contributed by atoms with Crippen LogP contribution in [-0.4, -0.2) is 40.9 Å². The Hall–Kier alpha value is -3.09. The average molecular weight is 314 g/mol. The molecule has 1 atom stereocenters. The number of hydrogen-bond acceptors (Lipinski definition) is 4. The molecule has 118 valence electrons. The van der Waals surface area contributed by atoms with Crippen LogP contribution in [0.25, 0.3) is 0 Å². The van der Waals surface area contributed by atoms with E-state index in [9.17, 15) is 14.4 Å². The third kappa shape index (κ3) is 2.80. The van der Waals surface area contributed by atoms with Crippen molar-refractivity contribution >= 4 is 17.8 Å². The van der Waals surface area contributed by atoms with Crippen LogP contribution in [0.3, 0.4) is 0 Å². The summed E-state index contributed by atoms with van der Waals surface area (Å²) in [4.78, 5) is 37.1. The molecule has 1 aliphatic rings. The van der Waals surface area contributed by atoms with Gasteiger partial charge in [-0.2, -0.15) is 0 Å². The Morgan fingerprint density at radius 1 is 1.13 bits per heavy atom. The van der Waals surface area contributed by atoms with E-state index in [4.69, 9.17) is 9.52 Å². The molecule has 0 aliphatic carbocycles. The number of nitrogens with zero attached hydrogens (tertiary/aromatic N) is 1. The molecule has 1 saturated heterocycles. The van der Waals surface area contributed by atoms with Gasteiger partial charge in [-0.05, 0) is 17.7 Å². The first kappa shape index (κ1) is 14.8. The molecule has 0 radical (unpaired) electrons. The van der Waals surface area contributed by atoms with Crippen LogP contribution >= 0.6 is 0 Å². The summed E-state index contributed by atoms with van der Waals surface area (Å²) in [5.74, 6) is -2.45. The molecule has 1 aromatic heterocycles. The number of piperazine rings is 1. The Balaban J connectivity index is 1.93. The van der Waals surface area contributed by atoms with Crippen LogP contribution in [0.1, 0.15) is 32.7 Å². The Morgan fingerprint density at radius 2 is 1.83 bits per heavy atom. The van der Waals surface area contributed by atoms with Gasteiger partial charge in [-0.1, -0.05) is 30.3 Å². The van der Waals surface area contributed by atoms with Gasteiger partial charge in [0.05, 0.1) is 0 Å². The van der Waals surface area contributed by atoms with Gasteiger partial charge >= 0.3 is 5.97 Å². The van der Waals surface area contributed by atoms with E-state index in [1.54, 1.807) is 24.3 Å². The predicted molar refractivity (Wildman–Crippen MR) is 78.9 cm³/mol. The summed E-state index contributed by atoms with van der Waals surface area (Å²) < 4.78 is 5.06. The molecule has 1 aliphatic heterocycles. The lowest BCUT2D eigenvalue weighted by Gasteiger charge is -2.34. The standard InChI is InChI=1S/C16H14N2O5/c19-14-13(10-4-2-1-3-5-10)18(9-8-17-14)15(20)11-6-7-12(23-11)16(21)22/h1-7,13H,8-9H2,(H,17,19)(H,21,22)/t13-/m1/s1. The highest BCUT2D eigenvalue weighted by Gasteiger charge is 2.36. The largest absolute Gasteiger partial charge is 0.475 e. The molecule has 0 unspecified atom stereocenters. The maximum absolute atomic E-state index is 12.6. The molecule has 3 rings (SSSR count). The van der Waals surface area contributed by atoms with E-state index in [0.717, 1.165) is 0 Å². The second-order valence-corrected chi connectivity index (χ2v) is 5.07. The number of carboxylic acids is 1. The van der Waals surface area contributed by atoms with Crippen molar-refractivity contribution in [1.29, 1.82) is 0 Å². The molecule has 1 fully saturated rings. The molecule has 0 bridgehead atoms. The summed E-state index contributed by atoms with van der Waals surface area (Å²) in [5, 5.41) is 11.6. The number of nitrogens with one attached hydrogen (secondary N) is 1. The summed E-state index contributed by atoms with van der Waals surface area (Å²) in [6.45, 7) is 0.646. The summed E-state index contributed by atoms with van der Waals surface area (Å²) in [6, 6.07) is 10.7. The molecule has 2 amide bonds. The number of carbonyl (C=O) groups excluding carboxylic acids is 2. The molecule has 7 nitrogen and oxygen atoms in total. The Kier molecular flexibility index (Phi) is 3.84. The highest BCUT2D eigenvalue weighted by molar-refractivity contribution is 5.97. The molecule has 0 spiro atoms. The zero-order chi connectivity index (χ0) is 16.4. The van der Waals surface area contributed by atoms with Crippen LogP contribution in [0.5, 0.6) is 0 Å². The summed E-state index contributed by atoms with van der Waals surface area (Å²) in [7, 11) is 0. The van der Waals surface area contributed by atoms with Crippen LogP contribution < -0.4 is 5.32 Å². The van der Waals surface area contributed by atoms with Crippen molar-refractivity contribution in [3.8, 4) is 0 Å². The van der Waals surface area contributed by atoms with Gasteiger partial charge in [0.15, 0.2) is 5.76 Å². The van der Waals surface area contributed by atoms with Crippen molar-refractivity contribution in [2.75, 3.05) is 13.1 Å². The number of aromatic carboxylic acids is 1. The zero-order valence-electron chi connectivity index (χ0n) is 12.1. The highest BCUT2D eigenvalue weighted by atomic mass is 16.4. The number of carboxylic acid groups (broad SMARTS) is 1. The Morgan fingerprint density at radius 3 is 2.48 bits per heavy atom. The lowest BCUT2D eigenvalue weighted by atomic mass is 10.0. The van der Waals surface area contributed by atoms with Gasteiger partial charge in [0.25, 0.3) is 5.91 Å². The van der Waals surface area contributed by atoms with E-state index in [1.165, 1.54) is 17.0 Å². The quantitative estimate of drug-likeness (QED) is 0.889. The normalized spacial score (nSPS) is 17.7. The predicted octanol–water partition coefficient (Wildman–Crippen LogP) is 1.29. The molecular weight excluding hydrogens is 300 g/mol. The van der Waals surface area contributed by atoms with Crippen molar-refractivity contribution < 1.29 is 23.9 Å². The summed E-state index contributed by atoms with van der Waals surface area (Å²) in [5.41, 5.74) is 0.683. The minimum atomic E-state index is -1.25. The van der Waals surface area contributed by atoms with Crippen molar-refractivity contribution in [1.82, 2.24) is 10.2 Å². The fourth-order valence-electron chi connectivity index (χ4n) is 2.56. The molecule has 23 heavy (non-hydrogen) atoms. The maximum atomic E-state index is 12.6. The number of rotatable bonds is 3. The number of furan rings is 1. The first-order chi connectivity index (χ1) is 11.1. The Bertz CT molecular complexity index is 753. The fourth-order valence-corrected chi connectivity index (χ4v) is 2.56. The third-order valence-corrected chi connectivity index (χ3v) is 3.62. The van der Waals surface area contributed by atoms with Gasteiger partial charge in [-0.15, -0.1) is 0 Å². The van der Waals surface area contributed by atoms with Crippen molar-refractivity contribution in [3.63, 3.8) is 0 Å². The molecule has 1 aromatic carbocycles. The van der Waals surface area contributed by atoms with Gasteiger partial charge in [0.1, 0.15) is 6.04 Å². The average Bonchev–Trinajstić information content (AvgIpc) is 3.05. The van der Waals surface area contributed by atoms with E-state index in [1.807, 2.05) is 6.07 Å². The fraction of sp³-hybridized carbons (Fsp3) is 0.188. The van der Waals surface area contributed by atoms with E-state index >= 15 is 0 Å². The van der Waals surface area contributed by atoms with E-state index < -0.39 is 17.9 Å². The number of benzene rings is 1. The van der Waals surface area contributed by atoms with E-state index in [-0.39, 0.29) is 17.4 Å². The monoisotopic (exact) mass is 314 g/mol. The second kappa shape index (κ2) is 5.96. The van der Waals surface area contributed by atoms with Crippen molar-refractivity contribution in [3.05, 3.63) is 59.5 Å². The van der Waals surface area contributed by atoms with Gasteiger partial charge in [-0.25, -0.2) is 4.79 Å². The van der Waals surface area contributed by atoms with Crippen LogP contribution in [0.2, 0.25) is 0 Å². The SMILES string of the molecule is O=C(O)c1ccc(C(=O)N2CCNC(=O)[C@H]2c2ccccc2)o1. The molecule has 2 aromatic rings. The van der Waals surface area contributed by atoms with E-state index in [2.05, 4.69) is 5.32 Å². The Labute approximate surface area is 131 Å². The molecule has 2 N–H and O–H groups in total. The number of hydrogen-bond donors (Lipinski definition) is 2. The molecule has 2 heterocycles. The second-order valence-electron chi connectivity index (χ2n) is 5.07. The molecular formula is C16H14N2O5. The third-order valence-electron chi connectivity index (χ3n) is 3.62. The molecule has 7 heteroatoms. The lowest BCUT2D eigenvalue weighted by molar-refractivity contribution is -0.128. The topological polar surface area (TPSA) is 99.9 Å². The minimum absolute atomic E-state index is 0.0990. The van der Waals surface area contributed by atoms with Crippen LogP contribution in [-0.2, 0) is 4.79 Å². The minimum Gasteiger partial charge on any atom is -0.475 e. The van der Waals surface area contributed by atoms with Crippen LogP contribution in [0, 0.1) is 0 Å². The van der Waals surface area contributed by atoms with Gasteiger partial charge in [0.2, 0.25) is 11.7 Å². The first-order valence-corrected chi connectivity index (χ1v) is 7.04. The zero-order valence-corrected chi connectivity index (χ0v) is 12.1. The smallest absolute Gasteiger partial charge is 0.371 e. The van der Waals surface area contributed by atoms with Gasteiger partial charge < -0.3 is 19.7 Å². The summed E-state index contributed by atoms with van der Waals surface area (Å²) >= 11 is 0. The number of carbonyl (C=O) groups is 3.